The molecule has 0 saturated carbocycles. The van der Waals surface area contributed by atoms with Gasteiger partial charge in [-0.2, -0.15) is 8.42 Å². The molecule has 2 aromatic carbocycles. The number of benzene rings is 2. The first-order chi connectivity index (χ1) is 13.3. The lowest BCUT2D eigenvalue weighted by Crippen LogP contribution is -2.18. The van der Waals surface area contributed by atoms with Gasteiger partial charge in [-0.05, 0) is 77.2 Å². The van der Waals surface area contributed by atoms with Gasteiger partial charge in [0.05, 0.1) is 15.1 Å². The van der Waals surface area contributed by atoms with Crippen molar-refractivity contribution in [2.75, 3.05) is 6.61 Å². The minimum Gasteiger partial charge on any atom is -0.490 e. The van der Waals surface area contributed by atoms with Crippen LogP contribution in [0.15, 0.2) is 52.3 Å². The molecule has 146 valence electrons. The normalized spacial score (nSPS) is 15.6. The number of carbonyl (C=O) groups is 1. The zero-order valence-electron chi connectivity index (χ0n) is 14.6. The Bertz CT molecular complexity index is 1070. The number of amidine groups is 1. The lowest BCUT2D eigenvalue weighted by molar-refractivity contribution is -0.115. The second kappa shape index (κ2) is 8.53. The van der Waals surface area contributed by atoms with Crippen molar-refractivity contribution in [1.82, 2.24) is 5.32 Å². The fraction of sp³-hybridized carbons (Fsp3) is 0.111. The molecular weight excluding hydrogens is 515 g/mol. The molecule has 1 heterocycles. The van der Waals surface area contributed by atoms with E-state index in [0.29, 0.717) is 20.6 Å². The van der Waals surface area contributed by atoms with Gasteiger partial charge in [-0.3, -0.25) is 10.2 Å². The Morgan fingerprint density at radius 2 is 1.96 bits per heavy atom. The molecule has 2 N–H and O–H groups in total. The van der Waals surface area contributed by atoms with Crippen LogP contribution in [0.1, 0.15) is 12.5 Å². The van der Waals surface area contributed by atoms with Gasteiger partial charge in [0.15, 0.2) is 16.7 Å². The molecular formula is C18H15IN2O5S2. The molecule has 0 bridgehead atoms. The van der Waals surface area contributed by atoms with E-state index in [0.717, 1.165) is 11.8 Å². The molecule has 2 aromatic rings. The van der Waals surface area contributed by atoms with Crippen molar-refractivity contribution in [2.24, 2.45) is 0 Å². The standard InChI is InChI=1S/C18H15IN2O5S2/c1-2-25-14-9-11(10-15-17(22)21-18(20)27-15)8-13(19)16(14)26-28(23,24)12-6-4-3-5-7-12/h3-10H,2H2,1H3,(H2,20,21,22). The van der Waals surface area contributed by atoms with Crippen molar-refractivity contribution in [3.63, 3.8) is 0 Å². The quantitative estimate of drug-likeness (QED) is 0.336. The molecule has 1 saturated heterocycles. The maximum Gasteiger partial charge on any atom is 0.339 e. The van der Waals surface area contributed by atoms with E-state index in [-0.39, 0.29) is 27.5 Å². The first-order valence-electron chi connectivity index (χ1n) is 8.05. The van der Waals surface area contributed by atoms with Crippen LogP contribution >= 0.6 is 34.4 Å². The maximum absolute atomic E-state index is 12.6. The summed E-state index contributed by atoms with van der Waals surface area (Å²) in [5.41, 5.74) is 0.629. The SMILES string of the molecule is CCOc1cc(C=C2SC(=N)NC2=O)cc(I)c1OS(=O)(=O)c1ccccc1. The number of carbonyl (C=O) groups excluding carboxylic acids is 1. The molecule has 3 rings (SSSR count). The minimum atomic E-state index is -4.02. The van der Waals surface area contributed by atoms with Gasteiger partial charge >= 0.3 is 10.1 Å². The van der Waals surface area contributed by atoms with Crippen molar-refractivity contribution in [2.45, 2.75) is 11.8 Å². The van der Waals surface area contributed by atoms with Crippen molar-refractivity contribution >= 4 is 61.6 Å². The fourth-order valence-corrected chi connectivity index (χ4v) is 4.92. The molecule has 0 spiro atoms. The maximum atomic E-state index is 12.6. The number of hydrogen-bond acceptors (Lipinski definition) is 7. The lowest BCUT2D eigenvalue weighted by Gasteiger charge is -2.14. The van der Waals surface area contributed by atoms with Crippen LogP contribution in [0.25, 0.3) is 6.08 Å². The van der Waals surface area contributed by atoms with Gasteiger partial charge in [0.2, 0.25) is 0 Å². The molecule has 1 fully saturated rings. The number of hydrogen-bond donors (Lipinski definition) is 2. The van der Waals surface area contributed by atoms with E-state index in [2.05, 4.69) is 5.32 Å². The molecule has 10 heteroatoms. The van der Waals surface area contributed by atoms with E-state index in [9.17, 15) is 13.2 Å². The van der Waals surface area contributed by atoms with Crippen LogP contribution in [0, 0.1) is 8.98 Å². The Balaban J connectivity index is 1.99. The third-order valence-corrected chi connectivity index (χ3v) is 6.38. The van der Waals surface area contributed by atoms with Crippen LogP contribution < -0.4 is 14.2 Å². The minimum absolute atomic E-state index is 0.0389. The predicted molar refractivity (Wildman–Crippen MR) is 116 cm³/mol. The van der Waals surface area contributed by atoms with Crippen LogP contribution in [0.4, 0.5) is 0 Å². The van der Waals surface area contributed by atoms with Crippen molar-refractivity contribution in [1.29, 1.82) is 5.41 Å². The van der Waals surface area contributed by atoms with E-state index < -0.39 is 10.1 Å². The van der Waals surface area contributed by atoms with Gasteiger partial charge in [-0.25, -0.2) is 0 Å². The molecule has 28 heavy (non-hydrogen) atoms. The third kappa shape index (κ3) is 4.67. The highest BCUT2D eigenvalue weighted by molar-refractivity contribution is 14.1. The Hall–Kier alpha value is -2.05. The molecule has 1 aliphatic rings. The molecule has 0 radical (unpaired) electrons. The van der Waals surface area contributed by atoms with Crippen LogP contribution in [0.2, 0.25) is 0 Å². The fourth-order valence-electron chi connectivity index (χ4n) is 2.35. The zero-order valence-corrected chi connectivity index (χ0v) is 18.4. The van der Waals surface area contributed by atoms with Gasteiger partial charge in [0.1, 0.15) is 4.90 Å². The number of amides is 1. The monoisotopic (exact) mass is 530 g/mol. The lowest BCUT2D eigenvalue weighted by atomic mass is 10.2. The highest BCUT2D eigenvalue weighted by atomic mass is 127. The van der Waals surface area contributed by atoms with Gasteiger partial charge in [0.25, 0.3) is 5.91 Å². The van der Waals surface area contributed by atoms with E-state index in [4.69, 9.17) is 14.3 Å². The summed E-state index contributed by atoms with van der Waals surface area (Å²) in [6.07, 6.45) is 1.61. The topological polar surface area (TPSA) is 106 Å². The average molecular weight is 530 g/mol. The Labute approximate surface area is 180 Å². The largest absolute Gasteiger partial charge is 0.490 e. The summed E-state index contributed by atoms with van der Waals surface area (Å²) in [6, 6.07) is 11.1. The smallest absolute Gasteiger partial charge is 0.339 e. The third-order valence-electron chi connectivity index (χ3n) is 3.52. The summed E-state index contributed by atoms with van der Waals surface area (Å²) in [7, 11) is -4.02. The molecule has 0 aromatic heterocycles. The van der Waals surface area contributed by atoms with Gasteiger partial charge in [-0.1, -0.05) is 18.2 Å². The van der Waals surface area contributed by atoms with E-state index in [1.807, 2.05) is 22.6 Å². The number of nitrogens with one attached hydrogen (secondary N) is 2. The Morgan fingerprint density at radius 1 is 1.25 bits per heavy atom. The molecule has 0 atom stereocenters. The average Bonchev–Trinajstić information content (AvgIpc) is 2.96. The van der Waals surface area contributed by atoms with Crippen molar-refractivity contribution in [3.05, 3.63) is 56.5 Å². The van der Waals surface area contributed by atoms with Crippen LogP contribution in [-0.2, 0) is 14.9 Å². The number of halogens is 1. The second-order valence-electron chi connectivity index (χ2n) is 5.51. The summed E-state index contributed by atoms with van der Waals surface area (Å²) in [5, 5.41) is 9.98. The van der Waals surface area contributed by atoms with Crippen LogP contribution in [0.5, 0.6) is 11.5 Å². The first kappa shape index (κ1) is 20.7. The second-order valence-corrected chi connectivity index (χ2v) is 9.27. The molecule has 1 aliphatic heterocycles. The number of thioether (sulfide) groups is 1. The zero-order chi connectivity index (χ0) is 20.3. The molecule has 1 amide bonds. The summed E-state index contributed by atoms with van der Waals surface area (Å²) in [4.78, 5) is 12.2. The van der Waals surface area contributed by atoms with Gasteiger partial charge in [-0.15, -0.1) is 0 Å². The predicted octanol–water partition coefficient (Wildman–Crippen LogP) is 3.60. The first-order valence-corrected chi connectivity index (χ1v) is 11.4. The molecule has 0 aliphatic carbocycles. The Morgan fingerprint density at radius 3 is 2.57 bits per heavy atom. The summed E-state index contributed by atoms with van der Waals surface area (Å²) >= 11 is 2.98. The molecule has 7 nitrogen and oxygen atoms in total. The van der Waals surface area contributed by atoms with Gasteiger partial charge < -0.3 is 14.2 Å². The van der Waals surface area contributed by atoms with E-state index in [1.165, 1.54) is 12.1 Å². The highest BCUT2D eigenvalue weighted by Crippen LogP contribution is 2.37. The van der Waals surface area contributed by atoms with E-state index in [1.54, 1.807) is 43.3 Å². The molecule has 0 unspecified atom stereocenters. The van der Waals surface area contributed by atoms with Crippen LogP contribution in [-0.4, -0.2) is 26.1 Å². The summed E-state index contributed by atoms with van der Waals surface area (Å²) in [6.45, 7) is 2.08. The highest BCUT2D eigenvalue weighted by Gasteiger charge is 2.24. The summed E-state index contributed by atoms with van der Waals surface area (Å²) < 4.78 is 36.6. The Kier molecular flexibility index (Phi) is 6.30. The van der Waals surface area contributed by atoms with E-state index >= 15 is 0 Å². The van der Waals surface area contributed by atoms with Crippen LogP contribution in [0.3, 0.4) is 0 Å². The summed E-state index contributed by atoms with van der Waals surface area (Å²) in [5.74, 6) is -0.0149. The van der Waals surface area contributed by atoms with Crippen molar-refractivity contribution in [3.8, 4) is 11.5 Å². The number of rotatable bonds is 6. The number of ether oxygens (including phenoxy) is 1. The van der Waals surface area contributed by atoms with Crippen molar-refractivity contribution < 1.29 is 22.1 Å². The van der Waals surface area contributed by atoms with Gasteiger partial charge in [0, 0.05) is 0 Å².